The molecular formula is C23H39F3N4O4S. The highest BCUT2D eigenvalue weighted by Gasteiger charge is 2.49. The molecule has 2 aliphatic heterocycles. The van der Waals surface area contributed by atoms with E-state index >= 15 is 0 Å². The largest absolute Gasteiger partial charge is 0.534 e. The van der Waals surface area contributed by atoms with Crippen molar-refractivity contribution in [2.45, 2.75) is 62.5 Å². The van der Waals surface area contributed by atoms with Crippen molar-refractivity contribution in [1.29, 1.82) is 0 Å². The van der Waals surface area contributed by atoms with Crippen LogP contribution in [0.5, 0.6) is 0 Å². The second-order valence-corrected chi connectivity index (χ2v) is 11.6. The molecule has 1 atom stereocenters. The fourth-order valence-corrected chi connectivity index (χ4v) is 5.58. The van der Waals surface area contributed by atoms with Crippen molar-refractivity contribution >= 4 is 15.9 Å². The van der Waals surface area contributed by atoms with Crippen LogP contribution in [-0.4, -0.2) is 118 Å². The number of piperazine rings is 2. The van der Waals surface area contributed by atoms with Crippen LogP contribution in [0.3, 0.4) is 0 Å². The Morgan fingerprint density at radius 1 is 0.800 bits per heavy atom. The van der Waals surface area contributed by atoms with Crippen LogP contribution < -0.4 is 0 Å². The van der Waals surface area contributed by atoms with Crippen molar-refractivity contribution in [3.05, 3.63) is 11.8 Å². The number of carbonyl (C=O) groups excluding carboxylic acids is 1. The number of alkyl halides is 3. The molecule has 12 heteroatoms. The molecule has 35 heavy (non-hydrogen) atoms. The molecule has 1 saturated carbocycles. The van der Waals surface area contributed by atoms with Gasteiger partial charge < -0.3 is 14.0 Å². The molecule has 0 aromatic carbocycles. The predicted octanol–water partition coefficient (Wildman–Crippen LogP) is 2.28. The van der Waals surface area contributed by atoms with Crippen molar-refractivity contribution in [3.63, 3.8) is 0 Å². The Kier molecular flexibility index (Phi) is 10.0. The zero-order valence-electron chi connectivity index (χ0n) is 20.8. The van der Waals surface area contributed by atoms with Gasteiger partial charge in [0.2, 0.25) is 0 Å². The van der Waals surface area contributed by atoms with Crippen molar-refractivity contribution in [3.8, 4) is 0 Å². The first-order valence-corrected chi connectivity index (χ1v) is 13.9. The van der Waals surface area contributed by atoms with E-state index in [9.17, 15) is 26.4 Å². The van der Waals surface area contributed by atoms with Crippen LogP contribution in [0.25, 0.3) is 0 Å². The number of ketones is 1. The zero-order chi connectivity index (χ0) is 25.6. The van der Waals surface area contributed by atoms with Gasteiger partial charge >= 0.3 is 15.6 Å². The molecule has 0 radical (unpaired) electrons. The Labute approximate surface area is 207 Å². The second-order valence-electron chi connectivity index (χ2n) is 10.0. The number of likely N-dealkylation sites (N-methyl/N-ethyl adjacent to an activating group) is 2. The van der Waals surface area contributed by atoms with Crippen molar-refractivity contribution < 1.29 is 30.6 Å². The van der Waals surface area contributed by atoms with Gasteiger partial charge in [0, 0.05) is 83.7 Å². The molecule has 0 spiro atoms. The molecule has 8 nitrogen and oxygen atoms in total. The molecule has 202 valence electrons. The number of nitrogens with zero attached hydrogens (tertiary/aromatic N) is 4. The molecular weight excluding hydrogens is 485 g/mol. The smallest absolute Gasteiger partial charge is 0.381 e. The fourth-order valence-electron chi connectivity index (χ4n) is 5.06. The first-order chi connectivity index (χ1) is 16.4. The number of hydrogen-bond acceptors (Lipinski definition) is 8. The lowest BCUT2D eigenvalue weighted by atomic mass is 9.93. The molecule has 0 N–H and O–H groups in total. The Balaban J connectivity index is 0.000000211. The van der Waals surface area contributed by atoms with Gasteiger partial charge in [-0.15, -0.1) is 0 Å². The molecule has 0 amide bonds. The monoisotopic (exact) mass is 524 g/mol. The summed E-state index contributed by atoms with van der Waals surface area (Å²) in [4.78, 5) is 20.6. The van der Waals surface area contributed by atoms with E-state index in [4.69, 9.17) is 0 Å². The molecule has 0 aromatic rings. The lowest BCUT2D eigenvalue weighted by Gasteiger charge is -2.39. The zero-order valence-corrected chi connectivity index (χ0v) is 21.6. The molecule has 4 rings (SSSR count). The predicted molar refractivity (Wildman–Crippen MR) is 127 cm³/mol. The summed E-state index contributed by atoms with van der Waals surface area (Å²) in [6, 6.07) is 0.945. The SMILES string of the molecule is CN1CCN(C2CC=C(OS(=O)(=O)C(F)(F)F)CC2)CC1.CN1CCN(C2CCC(=O)CC2)CC1. The first-order valence-electron chi connectivity index (χ1n) is 12.5. The third-order valence-electron chi connectivity index (χ3n) is 7.46. The van der Waals surface area contributed by atoms with Crippen LogP contribution in [0, 0.1) is 0 Å². The highest BCUT2D eigenvalue weighted by atomic mass is 32.2. The molecule has 0 aromatic heterocycles. The van der Waals surface area contributed by atoms with Crippen molar-refractivity contribution in [2.75, 3.05) is 66.5 Å². The highest BCUT2D eigenvalue weighted by Crippen LogP contribution is 2.31. The lowest BCUT2D eigenvalue weighted by molar-refractivity contribution is -0.121. The summed E-state index contributed by atoms with van der Waals surface area (Å²) >= 11 is 0. The van der Waals surface area contributed by atoms with Gasteiger partial charge in [0.15, 0.2) is 0 Å². The van der Waals surface area contributed by atoms with Gasteiger partial charge in [0.1, 0.15) is 11.5 Å². The molecule has 2 saturated heterocycles. The Bertz CT molecular complexity index is 826. The molecule has 1 unspecified atom stereocenters. The number of carbonyl (C=O) groups is 1. The van der Waals surface area contributed by atoms with E-state index in [0.717, 1.165) is 51.9 Å². The quantitative estimate of drug-likeness (QED) is 0.410. The third kappa shape index (κ3) is 8.41. The van der Waals surface area contributed by atoms with Crippen LogP contribution >= 0.6 is 0 Å². The van der Waals surface area contributed by atoms with Gasteiger partial charge in [-0.1, -0.05) is 0 Å². The van der Waals surface area contributed by atoms with E-state index in [1.807, 2.05) is 7.05 Å². The highest BCUT2D eigenvalue weighted by molar-refractivity contribution is 7.87. The number of Topliss-reactive ketones (excluding diaryl/α,β-unsaturated/α-hetero) is 1. The van der Waals surface area contributed by atoms with Gasteiger partial charge in [-0.05, 0) is 45.9 Å². The molecule has 4 aliphatic rings. The van der Waals surface area contributed by atoms with Crippen LogP contribution in [0.15, 0.2) is 11.8 Å². The third-order valence-corrected chi connectivity index (χ3v) is 8.46. The Hall–Kier alpha value is -1.21. The van der Waals surface area contributed by atoms with Gasteiger partial charge in [-0.2, -0.15) is 21.6 Å². The van der Waals surface area contributed by atoms with Gasteiger partial charge in [-0.3, -0.25) is 14.6 Å². The number of halogens is 3. The van der Waals surface area contributed by atoms with Gasteiger partial charge in [-0.25, -0.2) is 0 Å². The van der Waals surface area contributed by atoms with Crippen LogP contribution in [-0.2, 0) is 19.1 Å². The van der Waals surface area contributed by atoms with E-state index < -0.39 is 15.6 Å². The number of rotatable bonds is 4. The summed E-state index contributed by atoms with van der Waals surface area (Å²) in [6.45, 7) is 8.52. The van der Waals surface area contributed by atoms with Crippen LogP contribution in [0.2, 0.25) is 0 Å². The maximum Gasteiger partial charge on any atom is 0.534 e. The average molecular weight is 525 g/mol. The number of allylic oxidation sites excluding steroid dienone is 1. The summed E-state index contributed by atoms with van der Waals surface area (Å²) in [5.74, 6) is 0.369. The van der Waals surface area contributed by atoms with E-state index in [0.29, 0.717) is 24.7 Å². The molecule has 2 aliphatic carbocycles. The average Bonchev–Trinajstić information content (AvgIpc) is 2.81. The topological polar surface area (TPSA) is 73.4 Å². The summed E-state index contributed by atoms with van der Waals surface area (Å²) < 4.78 is 62.8. The summed E-state index contributed by atoms with van der Waals surface area (Å²) in [6.07, 6.45) is 6.65. The Morgan fingerprint density at radius 2 is 1.26 bits per heavy atom. The minimum Gasteiger partial charge on any atom is -0.381 e. The minimum absolute atomic E-state index is 0.0993. The van der Waals surface area contributed by atoms with Gasteiger partial charge in [0.25, 0.3) is 0 Å². The molecule has 2 heterocycles. The fraction of sp³-hybridized carbons (Fsp3) is 0.870. The van der Waals surface area contributed by atoms with E-state index in [-0.39, 0.29) is 18.2 Å². The van der Waals surface area contributed by atoms with Gasteiger partial charge in [0.05, 0.1) is 0 Å². The van der Waals surface area contributed by atoms with Crippen molar-refractivity contribution in [2.24, 2.45) is 0 Å². The Morgan fingerprint density at radius 3 is 1.69 bits per heavy atom. The van der Waals surface area contributed by atoms with Crippen LogP contribution in [0.4, 0.5) is 13.2 Å². The lowest BCUT2D eigenvalue weighted by Crippen LogP contribution is -2.49. The standard InChI is InChI=1S/C12H19F3N2O3S.C11H20N2O/c1-16-6-8-17(9-7-16)10-2-4-11(5-3-10)20-21(18,19)12(13,14)15;1-12-6-8-13(9-7-12)10-2-4-11(14)5-3-10/h4,10H,2-3,5-9H2,1H3;10H,2-9H2,1H3. The first kappa shape index (κ1) is 28.4. The van der Waals surface area contributed by atoms with Crippen molar-refractivity contribution in [1.82, 2.24) is 19.6 Å². The molecule has 0 bridgehead atoms. The van der Waals surface area contributed by atoms with Crippen LogP contribution in [0.1, 0.15) is 44.9 Å². The summed E-state index contributed by atoms with van der Waals surface area (Å²) in [5, 5.41) is 0. The summed E-state index contributed by atoms with van der Waals surface area (Å²) in [5.41, 5.74) is -5.37. The maximum atomic E-state index is 12.2. The molecule has 3 fully saturated rings. The van der Waals surface area contributed by atoms with E-state index in [1.165, 1.54) is 32.3 Å². The van der Waals surface area contributed by atoms with E-state index in [2.05, 4.69) is 30.8 Å². The normalized spacial score (nSPS) is 27.2. The minimum atomic E-state index is -5.54. The van der Waals surface area contributed by atoms with E-state index in [1.54, 1.807) is 0 Å². The summed E-state index contributed by atoms with van der Waals surface area (Å²) in [7, 11) is -1.31. The number of hydrogen-bond donors (Lipinski definition) is 0. The second kappa shape index (κ2) is 12.4. The maximum absolute atomic E-state index is 12.2.